The number of rotatable bonds is 2. The number of benzene rings is 1. The van der Waals surface area contributed by atoms with E-state index < -0.39 is 0 Å². The highest BCUT2D eigenvalue weighted by Crippen LogP contribution is 2.45. The van der Waals surface area contributed by atoms with Crippen molar-refractivity contribution < 1.29 is 9.18 Å². The summed E-state index contributed by atoms with van der Waals surface area (Å²) in [5.74, 6) is 0.306. The number of halogens is 1. The maximum atomic E-state index is 12.5. The molecule has 1 nitrogen and oxygen atoms in total. The van der Waals surface area contributed by atoms with Crippen molar-refractivity contribution in [3.05, 3.63) is 35.6 Å². The van der Waals surface area contributed by atoms with Crippen LogP contribution in [-0.2, 0) is 4.79 Å². The van der Waals surface area contributed by atoms with Gasteiger partial charge in [-0.3, -0.25) is 0 Å². The Morgan fingerprint density at radius 2 is 2.00 bits per heavy atom. The molecule has 1 aliphatic rings. The summed E-state index contributed by atoms with van der Waals surface area (Å²) in [7, 11) is 0. The number of hydrogen-bond donors (Lipinski definition) is 0. The molecular weight excluding hydrogens is 155 g/mol. The second-order valence-corrected chi connectivity index (χ2v) is 3.19. The van der Waals surface area contributed by atoms with Gasteiger partial charge in [-0.25, -0.2) is 4.39 Å². The van der Waals surface area contributed by atoms with Crippen molar-refractivity contribution in [3.63, 3.8) is 0 Å². The SMILES string of the molecule is O=C[C@H]1C[C@H]1c1ccc(F)cc1. The maximum Gasteiger partial charge on any atom is 0.123 e. The molecule has 0 radical (unpaired) electrons. The van der Waals surface area contributed by atoms with Gasteiger partial charge >= 0.3 is 0 Å². The van der Waals surface area contributed by atoms with Crippen molar-refractivity contribution in [1.29, 1.82) is 0 Å². The Balaban J connectivity index is 2.15. The largest absolute Gasteiger partial charge is 0.303 e. The third kappa shape index (κ3) is 1.24. The highest BCUT2D eigenvalue weighted by molar-refractivity contribution is 5.61. The van der Waals surface area contributed by atoms with E-state index in [1.165, 1.54) is 12.1 Å². The van der Waals surface area contributed by atoms with E-state index in [4.69, 9.17) is 0 Å². The van der Waals surface area contributed by atoms with Crippen LogP contribution in [0.4, 0.5) is 4.39 Å². The van der Waals surface area contributed by atoms with Gasteiger partial charge in [0.2, 0.25) is 0 Å². The molecule has 0 unspecified atom stereocenters. The van der Waals surface area contributed by atoms with Gasteiger partial charge in [-0.2, -0.15) is 0 Å². The molecule has 0 N–H and O–H groups in total. The quantitative estimate of drug-likeness (QED) is 0.612. The van der Waals surface area contributed by atoms with Crippen LogP contribution in [0.1, 0.15) is 17.9 Å². The average Bonchev–Trinajstić information content (AvgIpc) is 2.85. The van der Waals surface area contributed by atoms with Crippen molar-refractivity contribution in [2.45, 2.75) is 12.3 Å². The number of hydrogen-bond acceptors (Lipinski definition) is 1. The molecule has 0 aliphatic heterocycles. The van der Waals surface area contributed by atoms with Gasteiger partial charge < -0.3 is 4.79 Å². The first-order valence-corrected chi connectivity index (χ1v) is 4.02. The Labute approximate surface area is 70.2 Å². The Morgan fingerprint density at radius 3 is 2.50 bits per heavy atom. The molecule has 12 heavy (non-hydrogen) atoms. The fourth-order valence-electron chi connectivity index (χ4n) is 1.46. The van der Waals surface area contributed by atoms with Gasteiger partial charge in [0.1, 0.15) is 12.1 Å². The summed E-state index contributed by atoms with van der Waals surface area (Å²) in [6.07, 6.45) is 1.91. The molecule has 1 aliphatic carbocycles. The van der Waals surface area contributed by atoms with Crippen molar-refractivity contribution in [2.24, 2.45) is 5.92 Å². The van der Waals surface area contributed by atoms with Gasteiger partial charge in [-0.05, 0) is 30.0 Å². The molecule has 1 aromatic rings. The van der Waals surface area contributed by atoms with E-state index in [2.05, 4.69) is 0 Å². The lowest BCUT2D eigenvalue weighted by molar-refractivity contribution is -0.108. The minimum Gasteiger partial charge on any atom is -0.303 e. The monoisotopic (exact) mass is 164 g/mol. The molecule has 0 aromatic heterocycles. The lowest BCUT2D eigenvalue weighted by Crippen LogP contribution is -1.84. The van der Waals surface area contributed by atoms with Crippen LogP contribution in [0.25, 0.3) is 0 Å². The van der Waals surface area contributed by atoms with Gasteiger partial charge in [0, 0.05) is 5.92 Å². The average molecular weight is 164 g/mol. The second-order valence-electron chi connectivity index (χ2n) is 3.19. The maximum absolute atomic E-state index is 12.5. The summed E-state index contributed by atoms with van der Waals surface area (Å²) in [5, 5.41) is 0. The number of carbonyl (C=O) groups is 1. The van der Waals surface area contributed by atoms with Gasteiger partial charge in [0.15, 0.2) is 0 Å². The zero-order valence-electron chi connectivity index (χ0n) is 6.53. The Hall–Kier alpha value is -1.18. The van der Waals surface area contributed by atoms with Gasteiger partial charge in [-0.1, -0.05) is 12.1 Å². The molecule has 1 aromatic carbocycles. The molecular formula is C10H9FO. The Bertz CT molecular complexity index is 291. The fourth-order valence-corrected chi connectivity index (χ4v) is 1.46. The van der Waals surface area contributed by atoms with Crippen molar-refractivity contribution >= 4 is 6.29 Å². The summed E-state index contributed by atoms with van der Waals surface area (Å²) in [4.78, 5) is 10.3. The normalized spacial score (nSPS) is 26.8. The molecule has 0 amide bonds. The first kappa shape index (κ1) is 7.47. The third-order valence-corrected chi connectivity index (χ3v) is 2.31. The second kappa shape index (κ2) is 2.70. The molecule has 2 heteroatoms. The molecule has 0 saturated heterocycles. The lowest BCUT2D eigenvalue weighted by Gasteiger charge is -1.95. The molecule has 0 bridgehead atoms. The van der Waals surface area contributed by atoms with Crippen LogP contribution in [0, 0.1) is 11.7 Å². The van der Waals surface area contributed by atoms with Gasteiger partial charge in [0.05, 0.1) is 0 Å². The zero-order chi connectivity index (χ0) is 8.55. The summed E-state index contributed by atoms with van der Waals surface area (Å²) < 4.78 is 12.5. The minimum atomic E-state index is -0.220. The van der Waals surface area contributed by atoms with Crippen molar-refractivity contribution in [2.75, 3.05) is 0 Å². The van der Waals surface area contributed by atoms with Crippen LogP contribution >= 0.6 is 0 Å². The molecule has 0 heterocycles. The summed E-state index contributed by atoms with van der Waals surface area (Å²) >= 11 is 0. The van der Waals surface area contributed by atoms with Crippen molar-refractivity contribution in [3.8, 4) is 0 Å². The van der Waals surface area contributed by atoms with Crippen molar-refractivity contribution in [1.82, 2.24) is 0 Å². The third-order valence-electron chi connectivity index (χ3n) is 2.31. The Morgan fingerprint density at radius 1 is 1.33 bits per heavy atom. The van der Waals surface area contributed by atoms with E-state index >= 15 is 0 Å². The summed E-state index contributed by atoms with van der Waals surface area (Å²) in [6.45, 7) is 0. The number of aldehydes is 1. The van der Waals surface area contributed by atoms with Crippen LogP contribution in [0.2, 0.25) is 0 Å². The van der Waals surface area contributed by atoms with Crippen LogP contribution in [0.5, 0.6) is 0 Å². The van der Waals surface area contributed by atoms with Crippen LogP contribution < -0.4 is 0 Å². The molecule has 62 valence electrons. The molecule has 1 fully saturated rings. The first-order chi connectivity index (χ1) is 5.81. The predicted molar refractivity (Wildman–Crippen MR) is 43.3 cm³/mol. The van der Waals surface area contributed by atoms with Gasteiger partial charge in [-0.15, -0.1) is 0 Å². The minimum absolute atomic E-state index is 0.176. The fraction of sp³-hybridized carbons (Fsp3) is 0.300. The Kier molecular flexibility index (Phi) is 1.68. The van der Waals surface area contributed by atoms with E-state index in [0.29, 0.717) is 5.92 Å². The van der Waals surface area contributed by atoms with E-state index in [-0.39, 0.29) is 11.7 Å². The summed E-state index contributed by atoms with van der Waals surface area (Å²) in [5.41, 5.74) is 1.08. The predicted octanol–water partition coefficient (Wildman–Crippen LogP) is 2.13. The zero-order valence-corrected chi connectivity index (χ0v) is 6.53. The number of carbonyl (C=O) groups excluding carboxylic acids is 1. The lowest BCUT2D eigenvalue weighted by atomic mass is 10.1. The topological polar surface area (TPSA) is 17.1 Å². The molecule has 2 rings (SSSR count). The highest BCUT2D eigenvalue weighted by atomic mass is 19.1. The summed E-state index contributed by atoms with van der Waals surface area (Å²) in [6, 6.07) is 6.39. The first-order valence-electron chi connectivity index (χ1n) is 4.02. The molecule has 0 spiro atoms. The molecule has 2 atom stereocenters. The van der Waals surface area contributed by atoms with Gasteiger partial charge in [0.25, 0.3) is 0 Å². The van der Waals surface area contributed by atoms with E-state index in [1.54, 1.807) is 12.1 Å². The van der Waals surface area contributed by atoms with Crippen LogP contribution in [0.15, 0.2) is 24.3 Å². The standard InChI is InChI=1S/C10H9FO/c11-9-3-1-7(2-4-9)10-5-8(10)6-12/h1-4,6,8,10H,5H2/t8-,10+/m1/s1. The molecule has 1 saturated carbocycles. The van der Waals surface area contributed by atoms with E-state index in [0.717, 1.165) is 18.3 Å². The van der Waals surface area contributed by atoms with Crippen LogP contribution in [0.3, 0.4) is 0 Å². The van der Waals surface area contributed by atoms with E-state index in [9.17, 15) is 9.18 Å². The highest BCUT2D eigenvalue weighted by Gasteiger charge is 2.37. The smallest absolute Gasteiger partial charge is 0.123 e. The van der Waals surface area contributed by atoms with Crippen LogP contribution in [-0.4, -0.2) is 6.29 Å². The van der Waals surface area contributed by atoms with E-state index in [1.807, 2.05) is 0 Å².